The third-order valence-electron chi connectivity index (χ3n) is 3.33. The van der Waals surface area contributed by atoms with Gasteiger partial charge in [-0.25, -0.2) is 0 Å². The standard InChI is InChI=1S/C15H14Cl2N4O2/c16-10-4-3-9(8-11(10)17)18-13-5-6-14(21-20-13)19-15(22)12-2-1-7-23-12/h3-6,8,12H,1-2,7H2,(H,18,20)(H,19,21,22). The highest BCUT2D eigenvalue weighted by atomic mass is 35.5. The molecule has 1 aromatic carbocycles. The molecule has 8 heteroatoms. The van der Waals surface area contributed by atoms with Gasteiger partial charge in [-0.1, -0.05) is 23.2 Å². The number of carbonyl (C=O) groups excluding carboxylic acids is 1. The number of amides is 1. The zero-order valence-corrected chi connectivity index (χ0v) is 13.6. The molecule has 1 amide bonds. The third-order valence-corrected chi connectivity index (χ3v) is 4.07. The van der Waals surface area contributed by atoms with Crippen molar-refractivity contribution in [3.63, 3.8) is 0 Å². The van der Waals surface area contributed by atoms with Crippen LogP contribution in [0.25, 0.3) is 0 Å². The van der Waals surface area contributed by atoms with E-state index in [2.05, 4.69) is 20.8 Å². The zero-order valence-electron chi connectivity index (χ0n) is 12.1. The van der Waals surface area contributed by atoms with Gasteiger partial charge in [-0.3, -0.25) is 4.79 Å². The third kappa shape index (κ3) is 4.10. The van der Waals surface area contributed by atoms with Crippen molar-refractivity contribution < 1.29 is 9.53 Å². The van der Waals surface area contributed by atoms with Gasteiger partial charge in [-0.2, -0.15) is 0 Å². The first-order chi connectivity index (χ1) is 11.1. The molecule has 23 heavy (non-hydrogen) atoms. The van der Waals surface area contributed by atoms with Crippen molar-refractivity contribution in [3.8, 4) is 0 Å². The molecular weight excluding hydrogens is 339 g/mol. The fourth-order valence-corrected chi connectivity index (χ4v) is 2.48. The molecule has 1 fully saturated rings. The van der Waals surface area contributed by atoms with Crippen LogP contribution in [0, 0.1) is 0 Å². The topological polar surface area (TPSA) is 76.1 Å². The minimum atomic E-state index is -0.397. The number of aromatic nitrogens is 2. The number of nitrogens with zero attached hydrogens (tertiary/aromatic N) is 2. The fraction of sp³-hybridized carbons (Fsp3) is 0.267. The summed E-state index contributed by atoms with van der Waals surface area (Å²) in [6.07, 6.45) is 1.23. The Hall–Kier alpha value is -1.89. The minimum Gasteiger partial charge on any atom is -0.368 e. The van der Waals surface area contributed by atoms with Crippen molar-refractivity contribution in [1.29, 1.82) is 0 Å². The Kier molecular flexibility index (Phi) is 4.95. The maximum atomic E-state index is 11.9. The van der Waals surface area contributed by atoms with Crippen LogP contribution >= 0.6 is 23.2 Å². The fourth-order valence-electron chi connectivity index (χ4n) is 2.18. The van der Waals surface area contributed by atoms with Crippen molar-refractivity contribution in [2.24, 2.45) is 0 Å². The lowest BCUT2D eigenvalue weighted by molar-refractivity contribution is -0.124. The van der Waals surface area contributed by atoms with E-state index in [9.17, 15) is 4.79 Å². The summed E-state index contributed by atoms with van der Waals surface area (Å²) >= 11 is 11.8. The Labute approximate surface area is 143 Å². The molecule has 1 unspecified atom stereocenters. The lowest BCUT2D eigenvalue weighted by Gasteiger charge is -2.10. The van der Waals surface area contributed by atoms with Crippen LogP contribution in [-0.4, -0.2) is 28.8 Å². The van der Waals surface area contributed by atoms with Crippen molar-refractivity contribution in [2.75, 3.05) is 17.2 Å². The molecule has 2 N–H and O–H groups in total. The summed E-state index contributed by atoms with van der Waals surface area (Å²) in [5.74, 6) is 0.714. The molecule has 120 valence electrons. The average Bonchev–Trinajstić information content (AvgIpc) is 3.07. The van der Waals surface area contributed by atoms with Crippen molar-refractivity contribution in [1.82, 2.24) is 10.2 Å². The second kappa shape index (κ2) is 7.12. The summed E-state index contributed by atoms with van der Waals surface area (Å²) in [6.45, 7) is 0.621. The van der Waals surface area contributed by atoms with Crippen molar-refractivity contribution in [3.05, 3.63) is 40.4 Å². The van der Waals surface area contributed by atoms with Gasteiger partial charge < -0.3 is 15.4 Å². The summed E-state index contributed by atoms with van der Waals surface area (Å²) in [7, 11) is 0. The molecule has 2 aromatic rings. The van der Waals surface area contributed by atoms with Gasteiger partial charge in [0.15, 0.2) is 11.6 Å². The van der Waals surface area contributed by atoms with Gasteiger partial charge in [0.2, 0.25) is 0 Å². The Morgan fingerprint density at radius 1 is 1.13 bits per heavy atom. The average molecular weight is 353 g/mol. The van der Waals surface area contributed by atoms with E-state index in [0.717, 1.165) is 18.5 Å². The number of anilines is 3. The van der Waals surface area contributed by atoms with E-state index in [0.29, 0.717) is 28.3 Å². The highest BCUT2D eigenvalue weighted by Gasteiger charge is 2.23. The van der Waals surface area contributed by atoms with Crippen LogP contribution in [0.3, 0.4) is 0 Å². The summed E-state index contributed by atoms with van der Waals surface area (Å²) in [5.41, 5.74) is 0.741. The van der Waals surface area contributed by atoms with E-state index in [-0.39, 0.29) is 5.91 Å². The lowest BCUT2D eigenvalue weighted by Crippen LogP contribution is -2.27. The maximum Gasteiger partial charge on any atom is 0.254 e. The number of ether oxygens (including phenoxy) is 1. The number of hydrogen-bond acceptors (Lipinski definition) is 5. The van der Waals surface area contributed by atoms with Crippen molar-refractivity contribution >= 4 is 46.4 Å². The highest BCUT2D eigenvalue weighted by Crippen LogP contribution is 2.26. The second-order valence-corrected chi connectivity index (χ2v) is 5.86. The first-order valence-electron chi connectivity index (χ1n) is 7.10. The second-order valence-electron chi connectivity index (χ2n) is 5.05. The minimum absolute atomic E-state index is 0.193. The van der Waals surface area contributed by atoms with Crippen LogP contribution < -0.4 is 10.6 Å². The van der Waals surface area contributed by atoms with Gasteiger partial charge in [-0.15, -0.1) is 10.2 Å². The van der Waals surface area contributed by atoms with E-state index >= 15 is 0 Å². The SMILES string of the molecule is O=C(Nc1ccc(Nc2ccc(Cl)c(Cl)c2)nn1)C1CCCO1. The molecule has 1 aliphatic heterocycles. The van der Waals surface area contributed by atoms with Crippen LogP contribution in [0.15, 0.2) is 30.3 Å². The van der Waals surface area contributed by atoms with Crippen LogP contribution in [-0.2, 0) is 9.53 Å². The highest BCUT2D eigenvalue weighted by molar-refractivity contribution is 6.42. The predicted molar refractivity (Wildman–Crippen MR) is 89.4 cm³/mol. The predicted octanol–water partition coefficient (Wildman–Crippen LogP) is 3.64. The molecule has 1 atom stereocenters. The number of carbonyl (C=O) groups is 1. The normalized spacial score (nSPS) is 17.0. The Morgan fingerprint density at radius 2 is 1.91 bits per heavy atom. The molecule has 0 bridgehead atoms. The molecular formula is C15H14Cl2N4O2. The van der Waals surface area contributed by atoms with Crippen LogP contribution in [0.5, 0.6) is 0 Å². The molecule has 0 spiro atoms. The Morgan fingerprint density at radius 3 is 2.57 bits per heavy atom. The molecule has 0 aliphatic carbocycles. The van der Waals surface area contributed by atoms with Gasteiger partial charge in [-0.05, 0) is 43.2 Å². The molecule has 2 heterocycles. The number of nitrogens with one attached hydrogen (secondary N) is 2. The Balaban J connectivity index is 1.62. The monoisotopic (exact) mass is 352 g/mol. The zero-order chi connectivity index (χ0) is 16.2. The first-order valence-corrected chi connectivity index (χ1v) is 7.86. The van der Waals surface area contributed by atoms with E-state index in [1.165, 1.54) is 0 Å². The molecule has 1 aromatic heterocycles. The van der Waals surface area contributed by atoms with Crippen LogP contribution in [0.2, 0.25) is 10.0 Å². The maximum absolute atomic E-state index is 11.9. The first kappa shape index (κ1) is 16.0. The molecule has 1 aliphatic rings. The molecule has 1 saturated heterocycles. The summed E-state index contributed by atoms with van der Waals surface area (Å²) in [4.78, 5) is 11.9. The molecule has 0 radical (unpaired) electrons. The Bertz CT molecular complexity index is 703. The van der Waals surface area contributed by atoms with Gasteiger partial charge in [0.05, 0.1) is 10.0 Å². The number of hydrogen-bond donors (Lipinski definition) is 2. The summed E-state index contributed by atoms with van der Waals surface area (Å²) in [6, 6.07) is 8.54. The lowest BCUT2D eigenvalue weighted by atomic mass is 10.2. The van der Waals surface area contributed by atoms with Gasteiger partial charge in [0, 0.05) is 12.3 Å². The van der Waals surface area contributed by atoms with Gasteiger partial charge in [0.1, 0.15) is 6.10 Å². The van der Waals surface area contributed by atoms with E-state index in [1.807, 2.05) is 0 Å². The number of rotatable bonds is 4. The molecule has 3 rings (SSSR count). The summed E-state index contributed by atoms with van der Waals surface area (Å²) < 4.78 is 5.31. The molecule has 0 saturated carbocycles. The van der Waals surface area contributed by atoms with Crippen molar-refractivity contribution in [2.45, 2.75) is 18.9 Å². The smallest absolute Gasteiger partial charge is 0.254 e. The number of halogens is 2. The largest absolute Gasteiger partial charge is 0.368 e. The van der Waals surface area contributed by atoms with Gasteiger partial charge >= 0.3 is 0 Å². The van der Waals surface area contributed by atoms with E-state index < -0.39 is 6.10 Å². The van der Waals surface area contributed by atoms with E-state index in [1.54, 1.807) is 30.3 Å². The molecule has 6 nitrogen and oxygen atoms in total. The van der Waals surface area contributed by atoms with Gasteiger partial charge in [0.25, 0.3) is 5.91 Å². The van der Waals surface area contributed by atoms with Crippen LogP contribution in [0.4, 0.5) is 17.3 Å². The summed E-state index contributed by atoms with van der Waals surface area (Å²) in [5, 5.41) is 14.7. The van der Waals surface area contributed by atoms with Crippen LogP contribution in [0.1, 0.15) is 12.8 Å². The van der Waals surface area contributed by atoms with E-state index in [4.69, 9.17) is 27.9 Å². The quantitative estimate of drug-likeness (QED) is 0.878. The number of benzene rings is 1.